The van der Waals surface area contributed by atoms with Gasteiger partial charge in [-0.05, 0) is 0 Å². The predicted molar refractivity (Wildman–Crippen MR) is 55.7 cm³/mol. The van der Waals surface area contributed by atoms with E-state index in [0.717, 1.165) is 0 Å². The van der Waals surface area contributed by atoms with Gasteiger partial charge in [0.1, 0.15) is 0 Å². The smallest absolute Gasteiger partial charge is 0.726 e. The van der Waals surface area contributed by atoms with E-state index in [2.05, 4.69) is 0 Å². The van der Waals surface area contributed by atoms with Gasteiger partial charge in [-0.15, -0.1) is 0 Å². The van der Waals surface area contributed by atoms with Gasteiger partial charge in [-0.3, -0.25) is 4.55 Å². The van der Waals surface area contributed by atoms with Gasteiger partial charge >= 0.3 is 51.4 Å². The van der Waals surface area contributed by atoms with Crippen LogP contribution in [0.15, 0.2) is 0 Å². The zero-order chi connectivity index (χ0) is 4.50. The van der Waals surface area contributed by atoms with Crippen LogP contribution in [-0.4, -0.2) is 83.2 Å². The number of rotatable bonds is 0. The summed E-state index contributed by atoms with van der Waals surface area (Å²) in [6, 6.07) is 0. The van der Waals surface area contributed by atoms with Crippen molar-refractivity contribution in [2.45, 2.75) is 0 Å². The first kappa shape index (κ1) is 245. The molecule has 16 nitrogen and oxygen atoms in total. The molecule has 0 aliphatic heterocycles. The first-order valence-electron chi connectivity index (χ1n) is 0.683. The molecule has 0 saturated carbocycles. The third-order valence-corrected chi connectivity index (χ3v) is 0. The van der Waals surface area contributed by atoms with Crippen molar-refractivity contribution < 1.29 is 135 Å². The van der Waals surface area contributed by atoms with E-state index in [0.29, 0.717) is 0 Å². The van der Waals surface area contributed by atoms with Crippen LogP contribution in [0.25, 0.3) is 0 Å². The molecule has 128 valence electrons. The van der Waals surface area contributed by atoms with Gasteiger partial charge in [-0.1, -0.05) is 0 Å². The average Bonchev–Trinajstić information content (AvgIpc) is 0.722. The molecule has 0 aromatic heterocycles. The van der Waals surface area contributed by atoms with E-state index in [1.165, 1.54) is 0 Å². The molecule has 0 amide bonds. The Balaban J connectivity index is -0.00000000103. The van der Waals surface area contributed by atoms with Crippen molar-refractivity contribution in [2.75, 3.05) is 0 Å². The van der Waals surface area contributed by atoms with Gasteiger partial charge in [0, 0.05) is 0 Å². The molecular formula is H25KO16S. The van der Waals surface area contributed by atoms with Crippen LogP contribution in [0.2, 0.25) is 0 Å². The molecule has 0 spiro atoms. The molecule has 0 aromatic rings. The van der Waals surface area contributed by atoms with Crippen LogP contribution < -0.4 is 51.4 Å². The van der Waals surface area contributed by atoms with Crippen LogP contribution in [0.3, 0.4) is 0 Å². The first-order chi connectivity index (χ1) is 2.00. The summed E-state index contributed by atoms with van der Waals surface area (Å²) in [5, 5.41) is 0. The monoisotopic (exact) mass is 352 g/mol. The zero-order valence-electron chi connectivity index (χ0n) is 9.08. The third-order valence-electron chi connectivity index (χ3n) is 0. The minimum absolute atomic E-state index is 0. The fourth-order valence-corrected chi connectivity index (χ4v) is 0. The Morgan fingerprint density at radius 3 is 0.556 bits per heavy atom. The normalized spacial score (nSPS) is 3.22. The van der Waals surface area contributed by atoms with Crippen molar-refractivity contribution in [2.24, 2.45) is 0 Å². The van der Waals surface area contributed by atoms with Gasteiger partial charge in [-0.2, -0.15) is 0 Å². The molecule has 0 aliphatic carbocycles. The maximum atomic E-state index is 8.63. The minimum Gasteiger partial charge on any atom is -0.726 e. The van der Waals surface area contributed by atoms with Crippen molar-refractivity contribution in [3.05, 3.63) is 0 Å². The summed E-state index contributed by atoms with van der Waals surface area (Å²) < 4.78 is 32.8. The summed E-state index contributed by atoms with van der Waals surface area (Å²) in [6.45, 7) is 0. The molecule has 0 unspecified atom stereocenters. The number of hydrogen-bond donors (Lipinski definition) is 1. The fourth-order valence-electron chi connectivity index (χ4n) is 0. The van der Waals surface area contributed by atoms with Crippen molar-refractivity contribution in [1.82, 2.24) is 0 Å². The molecule has 25 N–H and O–H groups in total. The Bertz CT molecular complexity index is 94.3. The van der Waals surface area contributed by atoms with E-state index in [1.54, 1.807) is 0 Å². The van der Waals surface area contributed by atoms with E-state index >= 15 is 0 Å². The molecule has 0 bridgehead atoms. The summed E-state index contributed by atoms with van der Waals surface area (Å²) in [7, 11) is -4.92. The second kappa shape index (κ2) is 106. The standard InChI is InChI=1S/K.H2O4S.12H2O/c;1-5(2,3)4;;;;;;;;;;;;/h;(H2,1,2,3,4);12*1H2/q+1;;;;;;;;;;;;;/p-1. The van der Waals surface area contributed by atoms with E-state index in [9.17, 15) is 0 Å². The maximum absolute atomic E-state index is 8.63. The Hall–Kier alpha value is 1.03. The first-order valence-corrected chi connectivity index (χ1v) is 2.05. The Kier molecular flexibility index (Phi) is 1440. The zero-order valence-corrected chi connectivity index (χ0v) is 13.0. The molecule has 0 fully saturated rings. The van der Waals surface area contributed by atoms with Crippen molar-refractivity contribution >= 4 is 10.4 Å². The van der Waals surface area contributed by atoms with E-state index in [1.807, 2.05) is 0 Å². The van der Waals surface area contributed by atoms with Crippen molar-refractivity contribution in [3.63, 3.8) is 0 Å². The van der Waals surface area contributed by atoms with Crippen LogP contribution in [0.1, 0.15) is 0 Å². The SMILES string of the molecule is O.O.O.O.O.O.O.O.O.O.O.O.O=S(=O)([O-])O.[K+]. The van der Waals surface area contributed by atoms with Crippen molar-refractivity contribution in [1.29, 1.82) is 0 Å². The summed E-state index contributed by atoms with van der Waals surface area (Å²) in [5.74, 6) is 0. The molecule has 0 heterocycles. The Morgan fingerprint density at radius 1 is 0.556 bits per heavy atom. The van der Waals surface area contributed by atoms with E-state index in [4.69, 9.17) is 17.5 Å². The van der Waals surface area contributed by atoms with Gasteiger partial charge in [0.2, 0.25) is 10.4 Å². The molecule has 0 aliphatic rings. The second-order valence-corrected chi connectivity index (χ2v) is 1.28. The topological polar surface area (TPSA) is 455 Å². The van der Waals surface area contributed by atoms with Crippen LogP contribution in [0, 0.1) is 0 Å². The molecule has 18 heavy (non-hydrogen) atoms. The average molecular weight is 352 g/mol. The summed E-state index contributed by atoms with van der Waals surface area (Å²) >= 11 is 0. The van der Waals surface area contributed by atoms with E-state index < -0.39 is 10.4 Å². The molecule has 0 aromatic carbocycles. The minimum atomic E-state index is -4.92. The predicted octanol–water partition coefficient (Wildman–Crippen LogP) is -13.9. The summed E-state index contributed by atoms with van der Waals surface area (Å²) in [5.41, 5.74) is 0. The molecule has 0 atom stereocenters. The Morgan fingerprint density at radius 2 is 0.556 bits per heavy atom. The van der Waals surface area contributed by atoms with Crippen LogP contribution >= 0.6 is 0 Å². The van der Waals surface area contributed by atoms with Crippen LogP contribution in [0.5, 0.6) is 0 Å². The van der Waals surface area contributed by atoms with E-state index in [-0.39, 0.29) is 117 Å². The van der Waals surface area contributed by atoms with Gasteiger partial charge in [0.25, 0.3) is 0 Å². The quantitative estimate of drug-likeness (QED) is 0.251. The van der Waals surface area contributed by atoms with Crippen molar-refractivity contribution in [3.8, 4) is 0 Å². The Labute approximate surface area is 144 Å². The molecular weight excluding hydrogens is 327 g/mol. The molecule has 0 rings (SSSR count). The van der Waals surface area contributed by atoms with Crippen LogP contribution in [-0.2, 0) is 10.4 Å². The van der Waals surface area contributed by atoms with Gasteiger partial charge in [-0.25, -0.2) is 8.42 Å². The molecule has 0 saturated heterocycles. The second-order valence-electron chi connectivity index (χ2n) is 0.428. The summed E-state index contributed by atoms with van der Waals surface area (Å²) in [4.78, 5) is 0. The maximum Gasteiger partial charge on any atom is 1.00 e. The van der Waals surface area contributed by atoms with Gasteiger partial charge in [0.05, 0.1) is 0 Å². The molecule has 18 heteroatoms. The number of hydrogen-bond acceptors (Lipinski definition) is 3. The van der Waals surface area contributed by atoms with Gasteiger partial charge < -0.3 is 70.3 Å². The van der Waals surface area contributed by atoms with Crippen LogP contribution in [0.4, 0.5) is 0 Å². The summed E-state index contributed by atoms with van der Waals surface area (Å²) in [6.07, 6.45) is 0. The largest absolute Gasteiger partial charge is 1.00 e. The van der Waals surface area contributed by atoms with Gasteiger partial charge in [0.15, 0.2) is 0 Å². The molecule has 0 radical (unpaired) electrons. The third kappa shape index (κ3) is 4150. The fraction of sp³-hybridized carbons (Fsp3) is 0.